The molecule has 2 N–H and O–H groups in total. The molecular formula is C58H52Br2ClF6N5O12S. The summed E-state index contributed by atoms with van der Waals surface area (Å²) in [4.78, 5) is 67.7. The maximum atomic E-state index is 13.8. The lowest BCUT2D eigenvalue weighted by Crippen LogP contribution is -2.49. The van der Waals surface area contributed by atoms with Crippen LogP contribution in [0, 0.1) is 34.9 Å². The number of rotatable bonds is 10. The van der Waals surface area contributed by atoms with Gasteiger partial charge in [-0.25, -0.2) is 64.1 Å². The van der Waals surface area contributed by atoms with E-state index in [2.05, 4.69) is 66.3 Å². The predicted octanol–water partition coefficient (Wildman–Crippen LogP) is 12.4. The summed E-state index contributed by atoms with van der Waals surface area (Å²) in [6, 6.07) is 26.6. The van der Waals surface area contributed by atoms with E-state index in [0.29, 0.717) is 56.5 Å². The van der Waals surface area contributed by atoms with Crippen molar-refractivity contribution in [2.45, 2.75) is 67.6 Å². The Morgan fingerprint density at radius 3 is 1.51 bits per heavy atom. The van der Waals surface area contributed by atoms with Gasteiger partial charge in [0.25, 0.3) is 0 Å². The first-order chi connectivity index (χ1) is 40.4. The fraction of sp³-hybridized carbons (Fsp3) is 0.241. The summed E-state index contributed by atoms with van der Waals surface area (Å²) < 4.78 is 127. The standard InChI is InChI=1S/C19H18ClF2NO4S.C13H15F2NO2.C13H9F2NO2.C7H6BrNO2.C6H4BrNO2/c1-27-19(24)18-4-2-3-17(12-9-14(21)11-15(22)10-12)23(18)28(25,26)16-7-5-13(20)6-8-16;2*1-18-13(17)12-4-2-3-11(16-12)8-5-9(14)7-10(15)6-8;1-11-7(10)5-3-2-4-6(8)9-5;7-5-3-1-2-4(8-5)6(9)10/h5-11,17-18H,2-4H2,1H3;5-7,11-12,16H,2-4H2,1H3;2-7H,1H3;2-4H,1H3;1-3H,(H,9,10)/t17-,18+;11-,12+;;;/m00.../s1. The number of esters is 4. The Morgan fingerprint density at radius 1 is 0.565 bits per heavy atom. The van der Waals surface area contributed by atoms with Gasteiger partial charge < -0.3 is 24.1 Å². The molecular weight excluding hydrogens is 1300 g/mol. The summed E-state index contributed by atoms with van der Waals surface area (Å²) in [6.45, 7) is 0. The van der Waals surface area contributed by atoms with E-state index in [0.717, 1.165) is 53.5 Å². The molecule has 0 bridgehead atoms. The van der Waals surface area contributed by atoms with Crippen LogP contribution in [0.1, 0.15) is 93.2 Å². The molecule has 27 heteroatoms. The van der Waals surface area contributed by atoms with Gasteiger partial charge in [-0.2, -0.15) is 4.31 Å². The van der Waals surface area contributed by atoms with E-state index in [1.165, 1.54) is 77.0 Å². The molecule has 85 heavy (non-hydrogen) atoms. The largest absolute Gasteiger partial charge is 0.477 e. The molecule has 2 saturated heterocycles. The van der Waals surface area contributed by atoms with Crippen molar-refractivity contribution >= 4 is 83.3 Å². The maximum Gasteiger partial charge on any atom is 0.356 e. The van der Waals surface area contributed by atoms with Crippen molar-refractivity contribution in [2.75, 3.05) is 28.4 Å². The molecule has 0 aliphatic carbocycles. The lowest BCUT2D eigenvalue weighted by Gasteiger charge is -2.39. The summed E-state index contributed by atoms with van der Waals surface area (Å²) in [7, 11) is 0.878. The first kappa shape index (κ1) is 68.2. The van der Waals surface area contributed by atoms with Crippen LogP contribution in [0.25, 0.3) is 11.3 Å². The zero-order chi connectivity index (χ0) is 62.5. The number of halogens is 9. The van der Waals surface area contributed by atoms with Gasteiger partial charge >= 0.3 is 29.8 Å². The minimum absolute atomic E-state index is 0.0503. The minimum atomic E-state index is -4.18. The van der Waals surface area contributed by atoms with Crippen LogP contribution in [0.15, 0.2) is 148 Å². The van der Waals surface area contributed by atoms with Crippen LogP contribution in [0.5, 0.6) is 0 Å². The SMILES string of the molecule is COC(=O)[C@H]1CCC[C@@H](c2cc(F)cc(F)c2)N1.COC(=O)[C@H]1CCC[C@@H](c2cc(F)cc(F)c2)N1S(=O)(=O)c1ccc(Cl)cc1.COC(=O)c1cccc(-c2cc(F)cc(F)c2)n1.COC(=O)c1cccc(Br)n1.O=C(O)c1cccc(Br)n1. The van der Waals surface area contributed by atoms with Gasteiger partial charge in [0.1, 0.15) is 73.3 Å². The molecule has 450 valence electrons. The van der Waals surface area contributed by atoms with Crippen molar-refractivity contribution in [1.29, 1.82) is 0 Å². The number of carboxylic acids is 1. The highest BCUT2D eigenvalue weighted by molar-refractivity contribution is 9.10. The van der Waals surface area contributed by atoms with E-state index in [9.17, 15) is 58.7 Å². The van der Waals surface area contributed by atoms with E-state index in [-0.39, 0.29) is 45.8 Å². The Hall–Kier alpha value is -7.62. The molecule has 2 aliphatic heterocycles. The number of nitrogens with one attached hydrogen (secondary N) is 1. The monoisotopic (exact) mass is 1350 g/mol. The van der Waals surface area contributed by atoms with Crippen LogP contribution in [-0.2, 0) is 38.6 Å². The van der Waals surface area contributed by atoms with Gasteiger partial charge in [-0.05, 0) is 179 Å². The highest BCUT2D eigenvalue weighted by atomic mass is 79.9. The van der Waals surface area contributed by atoms with Crippen LogP contribution in [0.4, 0.5) is 26.3 Å². The van der Waals surface area contributed by atoms with Crippen molar-refractivity contribution in [1.82, 2.24) is 24.6 Å². The third-order valence-electron chi connectivity index (χ3n) is 12.2. The van der Waals surface area contributed by atoms with Gasteiger partial charge in [0.2, 0.25) is 10.0 Å². The molecule has 9 rings (SSSR count). The zero-order valence-electron chi connectivity index (χ0n) is 45.3. The van der Waals surface area contributed by atoms with Gasteiger partial charge in [-0.15, -0.1) is 0 Å². The number of aromatic nitrogens is 3. The van der Waals surface area contributed by atoms with Crippen LogP contribution in [0.2, 0.25) is 5.02 Å². The molecule has 0 saturated carbocycles. The molecule has 0 spiro atoms. The fourth-order valence-electron chi connectivity index (χ4n) is 8.45. The number of carbonyl (C=O) groups excluding carboxylic acids is 4. The van der Waals surface area contributed by atoms with E-state index in [1.807, 2.05) is 0 Å². The minimum Gasteiger partial charge on any atom is -0.477 e. The number of carbonyl (C=O) groups is 5. The van der Waals surface area contributed by atoms with E-state index >= 15 is 0 Å². The molecule has 2 aliphatic rings. The van der Waals surface area contributed by atoms with E-state index in [1.54, 1.807) is 42.5 Å². The number of carboxylic acid groups (broad SMARTS) is 1. The molecule has 2 fully saturated rings. The topological polar surface area (TPSA) is 231 Å². The van der Waals surface area contributed by atoms with Crippen LogP contribution in [-0.4, -0.2) is 103 Å². The van der Waals surface area contributed by atoms with E-state index in [4.69, 9.17) is 21.4 Å². The highest BCUT2D eigenvalue weighted by Crippen LogP contribution is 2.40. The van der Waals surface area contributed by atoms with Gasteiger partial charge in [-0.1, -0.05) is 29.8 Å². The number of ether oxygens (including phenoxy) is 4. The molecule has 0 radical (unpaired) electrons. The van der Waals surface area contributed by atoms with Gasteiger partial charge in [0.15, 0.2) is 0 Å². The van der Waals surface area contributed by atoms with E-state index < -0.39 is 86.9 Å². The number of piperidine rings is 2. The average molecular weight is 1350 g/mol. The number of hydrogen-bond acceptors (Lipinski definition) is 15. The molecule has 4 aromatic carbocycles. The van der Waals surface area contributed by atoms with Crippen molar-refractivity contribution in [2.24, 2.45) is 0 Å². The second-order valence-corrected chi connectivity index (χ2v) is 21.9. The van der Waals surface area contributed by atoms with Crippen LogP contribution in [0.3, 0.4) is 0 Å². The van der Waals surface area contributed by atoms with Gasteiger partial charge in [-0.3, -0.25) is 14.9 Å². The van der Waals surface area contributed by atoms with Crippen molar-refractivity contribution < 1.29 is 82.8 Å². The summed E-state index contributed by atoms with van der Waals surface area (Å²) >= 11 is 12.0. The van der Waals surface area contributed by atoms with Crippen molar-refractivity contribution in [3.05, 3.63) is 211 Å². The first-order valence-electron chi connectivity index (χ1n) is 25.1. The molecule has 3 aromatic heterocycles. The summed E-state index contributed by atoms with van der Waals surface area (Å²) in [6.07, 6.45) is 3.29. The average Bonchev–Trinajstić information content (AvgIpc) is 1.69. The molecule has 17 nitrogen and oxygen atoms in total. The number of methoxy groups -OCH3 is 4. The molecule has 0 amide bonds. The second-order valence-electron chi connectivity index (χ2n) is 18.0. The highest BCUT2D eigenvalue weighted by Gasteiger charge is 2.44. The number of sulfonamides is 1. The summed E-state index contributed by atoms with van der Waals surface area (Å²) in [5.74, 6) is -7.35. The number of benzene rings is 4. The molecule has 7 aromatic rings. The zero-order valence-corrected chi connectivity index (χ0v) is 50.0. The number of hydrogen-bond donors (Lipinski definition) is 2. The number of nitrogens with zero attached hydrogens (tertiary/aromatic N) is 4. The van der Waals surface area contributed by atoms with Crippen LogP contribution < -0.4 is 5.32 Å². The fourth-order valence-corrected chi connectivity index (χ4v) is 11.1. The third-order valence-corrected chi connectivity index (χ3v) is 15.3. The third kappa shape index (κ3) is 20.3. The Kier molecular flexibility index (Phi) is 26.1. The number of pyridine rings is 3. The molecule has 4 atom stereocenters. The molecule has 5 heterocycles. The first-order valence-corrected chi connectivity index (χ1v) is 28.5. The Labute approximate surface area is 506 Å². The Bertz CT molecular complexity index is 3540. The lowest BCUT2D eigenvalue weighted by atomic mass is 9.93. The van der Waals surface area contributed by atoms with Gasteiger partial charge in [0, 0.05) is 34.8 Å². The quantitative estimate of drug-likeness (QED) is 0.0561. The predicted molar refractivity (Wildman–Crippen MR) is 304 cm³/mol. The van der Waals surface area contributed by atoms with Gasteiger partial charge in [0.05, 0.1) is 45.1 Å². The number of aromatic carboxylic acids is 1. The smallest absolute Gasteiger partial charge is 0.356 e. The summed E-state index contributed by atoms with van der Waals surface area (Å²) in [5, 5.41) is 11.8. The Balaban J connectivity index is 0.000000204. The summed E-state index contributed by atoms with van der Waals surface area (Å²) in [5.41, 5.74) is 1.68. The second kappa shape index (κ2) is 32.6. The van der Waals surface area contributed by atoms with Crippen LogP contribution >= 0.6 is 43.5 Å². The maximum absolute atomic E-state index is 13.8. The van der Waals surface area contributed by atoms with Crippen molar-refractivity contribution in [3.8, 4) is 11.3 Å². The lowest BCUT2D eigenvalue weighted by molar-refractivity contribution is -0.147. The molecule has 0 unspecified atom stereocenters. The normalized spacial score (nSPS) is 16.3. The Morgan fingerprint density at radius 2 is 1.02 bits per heavy atom. The van der Waals surface area contributed by atoms with Crippen molar-refractivity contribution in [3.63, 3.8) is 0 Å².